The fraction of sp³-hybridized carbons (Fsp3) is 0. The molecule has 0 fully saturated rings. The zero-order valence-electron chi connectivity index (χ0n) is 3.24. The maximum atomic E-state index is 4.98. The molecule has 7 heavy (non-hydrogen) atoms. The van der Waals surface area contributed by atoms with E-state index in [0.717, 1.165) is 0 Å². The summed E-state index contributed by atoms with van der Waals surface area (Å²) in [6, 6.07) is 0. The van der Waals surface area contributed by atoms with Gasteiger partial charge in [0.1, 0.15) is 0 Å². The minimum absolute atomic E-state index is 0. The number of halogens is 4. The Morgan fingerprint density at radius 1 is 0.714 bits per heavy atom. The molecular formula is H6Cl4N2Pd. The van der Waals surface area contributed by atoms with Crippen molar-refractivity contribution < 1.29 is 11.5 Å². The zero-order valence-corrected chi connectivity index (χ0v) is 7.82. The van der Waals surface area contributed by atoms with Gasteiger partial charge in [-0.2, -0.15) is 0 Å². The first-order valence-electron chi connectivity index (χ1n) is 0.478. The predicted octanol–water partition coefficient (Wildman–Crippen LogP) is 3.08. The molecule has 0 aromatic rings. The van der Waals surface area contributed by atoms with Crippen LogP contribution in [0.1, 0.15) is 0 Å². The Kier molecular flexibility index (Phi) is 13.3. The van der Waals surface area contributed by atoms with Gasteiger partial charge in [-0.25, -0.2) is 0 Å². The summed E-state index contributed by atoms with van der Waals surface area (Å²) >= 11 is -2.81. The molecule has 0 aliphatic carbocycles. The molecule has 0 unspecified atom stereocenters. The summed E-state index contributed by atoms with van der Waals surface area (Å²) in [5, 5.41) is 0. The molecule has 7 heteroatoms. The van der Waals surface area contributed by atoms with E-state index >= 15 is 0 Å². The van der Waals surface area contributed by atoms with Crippen LogP contribution < -0.4 is 12.3 Å². The third-order valence-corrected chi connectivity index (χ3v) is 0. The van der Waals surface area contributed by atoms with Gasteiger partial charge in [0.15, 0.2) is 0 Å². The maximum absolute atomic E-state index is 4.98. The summed E-state index contributed by atoms with van der Waals surface area (Å²) in [7, 11) is 19.9. The van der Waals surface area contributed by atoms with Crippen molar-refractivity contribution in [1.82, 2.24) is 12.3 Å². The first kappa shape index (κ1) is 15.9. The topological polar surface area (TPSA) is 70.0 Å². The molecule has 0 rings (SSSR count). The molecule has 0 radical (unpaired) electrons. The SMILES string of the molecule is N.N.[Cl][Pd]([Cl])([Cl])[Cl]. The van der Waals surface area contributed by atoms with E-state index in [-0.39, 0.29) is 12.3 Å². The summed E-state index contributed by atoms with van der Waals surface area (Å²) in [6.07, 6.45) is 0. The molecule has 0 aromatic carbocycles. The van der Waals surface area contributed by atoms with Crippen molar-refractivity contribution in [2.24, 2.45) is 0 Å². The van der Waals surface area contributed by atoms with Crippen molar-refractivity contribution in [3.63, 3.8) is 0 Å². The molecule has 0 heterocycles. The van der Waals surface area contributed by atoms with Crippen molar-refractivity contribution in [1.29, 1.82) is 0 Å². The Bertz CT molecular complexity index is 25.2. The van der Waals surface area contributed by atoms with Crippen LogP contribution in [-0.2, 0) is 11.5 Å². The third-order valence-electron chi connectivity index (χ3n) is 0. The van der Waals surface area contributed by atoms with Crippen LogP contribution in [0.2, 0.25) is 0 Å². The Morgan fingerprint density at radius 2 is 0.714 bits per heavy atom. The van der Waals surface area contributed by atoms with Crippen molar-refractivity contribution in [2.75, 3.05) is 0 Å². The molecule has 0 amide bonds. The molecule has 0 saturated carbocycles. The van der Waals surface area contributed by atoms with Crippen LogP contribution in [-0.4, -0.2) is 0 Å². The summed E-state index contributed by atoms with van der Waals surface area (Å²) in [6.45, 7) is 0. The third kappa shape index (κ3) is 84.1. The predicted molar refractivity (Wildman–Crippen MR) is 33.5 cm³/mol. The summed E-state index contributed by atoms with van der Waals surface area (Å²) in [5.41, 5.74) is 0. The van der Waals surface area contributed by atoms with Crippen molar-refractivity contribution in [3.8, 4) is 0 Å². The Hall–Kier alpha value is 1.74. The fourth-order valence-electron chi connectivity index (χ4n) is 0. The van der Waals surface area contributed by atoms with Crippen LogP contribution >= 0.6 is 38.1 Å². The number of hydrogen-bond acceptors (Lipinski definition) is 2. The number of hydrogen-bond donors (Lipinski definition) is 2. The van der Waals surface area contributed by atoms with E-state index in [1.807, 2.05) is 0 Å². The zero-order chi connectivity index (χ0) is 4.50. The van der Waals surface area contributed by atoms with E-state index in [9.17, 15) is 0 Å². The first-order chi connectivity index (χ1) is 2.00. The molecular weight excluding hydrogens is 276 g/mol. The molecule has 2 nitrogen and oxygen atoms in total. The minimum atomic E-state index is -2.81. The van der Waals surface area contributed by atoms with Gasteiger partial charge in [-0.1, -0.05) is 0 Å². The average Bonchev–Trinajstić information content (AvgIpc) is 0.722. The van der Waals surface area contributed by atoms with Gasteiger partial charge in [-0.15, -0.1) is 0 Å². The van der Waals surface area contributed by atoms with Crippen LogP contribution in [0.5, 0.6) is 0 Å². The monoisotopic (exact) mass is 280 g/mol. The normalized spacial score (nSPS) is 10.9. The molecule has 0 saturated heterocycles. The quantitative estimate of drug-likeness (QED) is 0.670. The second-order valence-electron chi connectivity index (χ2n) is 0.271. The van der Waals surface area contributed by atoms with E-state index in [1.54, 1.807) is 0 Å². The van der Waals surface area contributed by atoms with Crippen molar-refractivity contribution >= 4 is 38.1 Å². The van der Waals surface area contributed by atoms with Crippen LogP contribution in [0, 0.1) is 0 Å². The van der Waals surface area contributed by atoms with Crippen molar-refractivity contribution in [2.45, 2.75) is 0 Å². The van der Waals surface area contributed by atoms with Gasteiger partial charge in [0.2, 0.25) is 0 Å². The van der Waals surface area contributed by atoms with Crippen LogP contribution in [0.3, 0.4) is 0 Å². The molecule has 6 N–H and O–H groups in total. The second kappa shape index (κ2) is 5.87. The van der Waals surface area contributed by atoms with Gasteiger partial charge < -0.3 is 12.3 Å². The average molecular weight is 282 g/mol. The van der Waals surface area contributed by atoms with Crippen LogP contribution in [0.25, 0.3) is 0 Å². The fourth-order valence-corrected chi connectivity index (χ4v) is 0. The summed E-state index contributed by atoms with van der Waals surface area (Å²) in [4.78, 5) is 0. The molecule has 0 bridgehead atoms. The second-order valence-corrected chi connectivity index (χ2v) is 14.4. The molecule has 0 aromatic heterocycles. The Morgan fingerprint density at radius 3 is 0.714 bits per heavy atom. The van der Waals surface area contributed by atoms with E-state index < -0.39 is 11.5 Å². The van der Waals surface area contributed by atoms with Gasteiger partial charge in [0, 0.05) is 0 Å². The van der Waals surface area contributed by atoms with E-state index in [1.165, 1.54) is 0 Å². The number of rotatable bonds is 0. The molecule has 0 spiro atoms. The van der Waals surface area contributed by atoms with Crippen LogP contribution in [0.15, 0.2) is 0 Å². The molecule has 0 aliphatic rings. The van der Waals surface area contributed by atoms with Gasteiger partial charge in [0.05, 0.1) is 0 Å². The van der Waals surface area contributed by atoms with Gasteiger partial charge in [-0.3, -0.25) is 0 Å². The van der Waals surface area contributed by atoms with Gasteiger partial charge in [-0.05, 0) is 0 Å². The van der Waals surface area contributed by atoms with Gasteiger partial charge >= 0.3 is 49.6 Å². The molecule has 0 aliphatic heterocycles. The van der Waals surface area contributed by atoms with E-state index in [2.05, 4.69) is 0 Å². The summed E-state index contributed by atoms with van der Waals surface area (Å²) in [5.74, 6) is 0. The van der Waals surface area contributed by atoms with E-state index in [4.69, 9.17) is 38.1 Å². The Labute approximate surface area is 61.6 Å². The first-order valence-corrected chi connectivity index (χ1v) is 8.49. The van der Waals surface area contributed by atoms with Gasteiger partial charge in [0.25, 0.3) is 0 Å². The molecule has 54 valence electrons. The van der Waals surface area contributed by atoms with Crippen molar-refractivity contribution in [3.05, 3.63) is 0 Å². The van der Waals surface area contributed by atoms with Crippen LogP contribution in [0.4, 0.5) is 0 Å². The van der Waals surface area contributed by atoms with E-state index in [0.29, 0.717) is 0 Å². The molecule has 0 atom stereocenters. The standard InChI is InChI=1S/4ClH.2H3N.Pd/h4*1H;2*1H3;/q;;;;;;+4/p-4. The Balaban J connectivity index is -0.0000000800. The summed E-state index contributed by atoms with van der Waals surface area (Å²) < 4.78 is 0.